The van der Waals surface area contributed by atoms with Crippen molar-refractivity contribution in [3.05, 3.63) is 0 Å². The van der Waals surface area contributed by atoms with Crippen molar-refractivity contribution in [3.8, 4) is 6.07 Å². The Labute approximate surface area is 96.5 Å². The Kier molecular flexibility index (Phi) is 4.30. The molecule has 0 aromatic heterocycles. The van der Waals surface area contributed by atoms with Gasteiger partial charge in [-0.15, -0.1) is 0 Å². The van der Waals surface area contributed by atoms with E-state index in [1.54, 1.807) is 6.07 Å². The van der Waals surface area contributed by atoms with Gasteiger partial charge in [0.15, 0.2) is 5.25 Å². The molecule has 1 saturated carbocycles. The van der Waals surface area contributed by atoms with Gasteiger partial charge < -0.3 is 5.11 Å². The maximum absolute atomic E-state index is 11.7. The Morgan fingerprint density at radius 1 is 1.44 bits per heavy atom. The van der Waals surface area contributed by atoms with Crippen LogP contribution < -0.4 is 4.72 Å². The van der Waals surface area contributed by atoms with Gasteiger partial charge >= 0.3 is 0 Å². The van der Waals surface area contributed by atoms with Crippen LogP contribution in [-0.4, -0.2) is 30.9 Å². The molecule has 1 rings (SSSR count). The summed E-state index contributed by atoms with van der Waals surface area (Å²) in [7, 11) is -3.65. The molecule has 0 heterocycles. The van der Waals surface area contributed by atoms with Crippen LogP contribution in [0.5, 0.6) is 0 Å². The van der Waals surface area contributed by atoms with Crippen LogP contribution in [0.2, 0.25) is 0 Å². The monoisotopic (exact) mass is 246 g/mol. The molecule has 0 aromatic carbocycles. The van der Waals surface area contributed by atoms with E-state index in [-0.39, 0.29) is 6.61 Å². The van der Waals surface area contributed by atoms with Gasteiger partial charge in [0.25, 0.3) is 0 Å². The minimum Gasteiger partial charge on any atom is -0.394 e. The van der Waals surface area contributed by atoms with E-state index < -0.39 is 20.8 Å². The Morgan fingerprint density at radius 2 is 2.00 bits per heavy atom. The third-order valence-corrected chi connectivity index (χ3v) is 4.87. The van der Waals surface area contributed by atoms with Crippen molar-refractivity contribution >= 4 is 10.0 Å². The molecule has 16 heavy (non-hydrogen) atoms. The Morgan fingerprint density at radius 3 is 2.44 bits per heavy atom. The van der Waals surface area contributed by atoms with Gasteiger partial charge in [-0.1, -0.05) is 19.3 Å². The highest BCUT2D eigenvalue weighted by Gasteiger charge is 2.37. The number of aliphatic hydroxyl groups is 1. The SMILES string of the molecule is CC(C#N)S(=O)(=O)NC1(CO)CCCCC1. The Bertz CT molecular complexity index is 366. The summed E-state index contributed by atoms with van der Waals surface area (Å²) in [6.45, 7) is 1.14. The lowest BCUT2D eigenvalue weighted by Crippen LogP contribution is -2.54. The summed E-state index contributed by atoms with van der Waals surface area (Å²) in [5.41, 5.74) is -0.748. The summed E-state index contributed by atoms with van der Waals surface area (Å²) >= 11 is 0. The van der Waals surface area contributed by atoms with Gasteiger partial charge in [0.05, 0.1) is 18.2 Å². The maximum Gasteiger partial charge on any atom is 0.228 e. The van der Waals surface area contributed by atoms with Gasteiger partial charge in [0.1, 0.15) is 0 Å². The fourth-order valence-corrected chi connectivity index (χ4v) is 3.17. The van der Waals surface area contributed by atoms with Crippen LogP contribution in [0.25, 0.3) is 0 Å². The van der Waals surface area contributed by atoms with E-state index >= 15 is 0 Å². The van der Waals surface area contributed by atoms with Crippen molar-refractivity contribution in [1.29, 1.82) is 5.26 Å². The average molecular weight is 246 g/mol. The summed E-state index contributed by atoms with van der Waals surface area (Å²) in [5.74, 6) is 0. The molecule has 2 N–H and O–H groups in total. The largest absolute Gasteiger partial charge is 0.394 e. The number of nitrogens with zero attached hydrogens (tertiary/aromatic N) is 1. The van der Waals surface area contributed by atoms with Gasteiger partial charge in [-0.2, -0.15) is 5.26 Å². The molecule has 5 nitrogen and oxygen atoms in total. The predicted molar refractivity (Wildman–Crippen MR) is 60.0 cm³/mol. The average Bonchev–Trinajstić information content (AvgIpc) is 2.28. The molecule has 1 aliphatic rings. The van der Waals surface area contributed by atoms with Crippen LogP contribution in [0.1, 0.15) is 39.0 Å². The van der Waals surface area contributed by atoms with E-state index in [1.807, 2.05) is 0 Å². The van der Waals surface area contributed by atoms with Gasteiger partial charge in [-0.05, 0) is 19.8 Å². The Hall–Kier alpha value is -0.640. The molecule has 1 unspecified atom stereocenters. The molecule has 0 saturated heterocycles. The second-order valence-corrected chi connectivity index (χ2v) is 6.42. The first-order valence-corrected chi connectivity index (χ1v) is 7.04. The minimum atomic E-state index is -3.65. The number of rotatable bonds is 4. The molecule has 92 valence electrons. The first-order chi connectivity index (χ1) is 7.46. The van der Waals surface area contributed by atoms with Crippen LogP contribution in [0.15, 0.2) is 0 Å². The molecule has 0 amide bonds. The van der Waals surface area contributed by atoms with E-state index in [0.717, 1.165) is 19.3 Å². The van der Waals surface area contributed by atoms with Crippen molar-refractivity contribution in [2.75, 3.05) is 6.61 Å². The zero-order valence-electron chi connectivity index (χ0n) is 9.44. The van der Waals surface area contributed by atoms with Crippen LogP contribution in [0.4, 0.5) is 0 Å². The van der Waals surface area contributed by atoms with Gasteiger partial charge in [0.2, 0.25) is 10.0 Å². The molecule has 0 aliphatic heterocycles. The van der Waals surface area contributed by atoms with Crippen LogP contribution >= 0.6 is 0 Å². The number of hydrogen-bond donors (Lipinski definition) is 2. The topological polar surface area (TPSA) is 90.2 Å². The summed E-state index contributed by atoms with van der Waals surface area (Å²) in [5, 5.41) is 16.9. The summed E-state index contributed by atoms with van der Waals surface area (Å²) in [6, 6.07) is 1.70. The van der Waals surface area contributed by atoms with Crippen molar-refractivity contribution in [2.24, 2.45) is 0 Å². The molecule has 1 aliphatic carbocycles. The maximum atomic E-state index is 11.7. The first kappa shape index (κ1) is 13.4. The molecule has 6 heteroatoms. The van der Waals surface area contributed by atoms with E-state index in [9.17, 15) is 13.5 Å². The fourth-order valence-electron chi connectivity index (χ4n) is 1.98. The van der Waals surface area contributed by atoms with E-state index in [4.69, 9.17) is 5.26 Å². The summed E-state index contributed by atoms with van der Waals surface area (Å²) in [6.07, 6.45) is 4.16. The number of aliphatic hydroxyl groups excluding tert-OH is 1. The second kappa shape index (κ2) is 5.13. The van der Waals surface area contributed by atoms with Gasteiger partial charge in [0, 0.05) is 0 Å². The highest BCUT2D eigenvalue weighted by molar-refractivity contribution is 7.90. The number of nitrogens with one attached hydrogen (secondary N) is 1. The fraction of sp³-hybridized carbons (Fsp3) is 0.900. The molecular weight excluding hydrogens is 228 g/mol. The molecule has 1 fully saturated rings. The van der Waals surface area contributed by atoms with Crippen LogP contribution in [-0.2, 0) is 10.0 Å². The molecule has 1 atom stereocenters. The van der Waals surface area contributed by atoms with Gasteiger partial charge in [-0.3, -0.25) is 0 Å². The molecule has 0 bridgehead atoms. The normalized spacial score (nSPS) is 22.3. The highest BCUT2D eigenvalue weighted by Crippen LogP contribution is 2.28. The Balaban J connectivity index is 2.81. The second-order valence-electron chi connectivity index (χ2n) is 4.42. The number of hydrogen-bond acceptors (Lipinski definition) is 4. The number of sulfonamides is 1. The predicted octanol–water partition coefficient (Wildman–Crippen LogP) is 0.513. The van der Waals surface area contributed by atoms with Crippen molar-refractivity contribution in [2.45, 2.75) is 49.8 Å². The molecule has 0 spiro atoms. The highest BCUT2D eigenvalue weighted by atomic mass is 32.2. The zero-order valence-corrected chi connectivity index (χ0v) is 10.3. The van der Waals surface area contributed by atoms with Gasteiger partial charge in [-0.25, -0.2) is 13.1 Å². The first-order valence-electron chi connectivity index (χ1n) is 5.49. The molecule has 0 radical (unpaired) electrons. The van der Waals surface area contributed by atoms with Crippen molar-refractivity contribution in [3.63, 3.8) is 0 Å². The van der Waals surface area contributed by atoms with Crippen molar-refractivity contribution < 1.29 is 13.5 Å². The van der Waals surface area contributed by atoms with E-state index in [2.05, 4.69) is 4.72 Å². The van der Waals surface area contributed by atoms with Crippen molar-refractivity contribution in [1.82, 2.24) is 4.72 Å². The lowest BCUT2D eigenvalue weighted by atomic mass is 9.83. The zero-order chi connectivity index (χ0) is 12.2. The quantitative estimate of drug-likeness (QED) is 0.756. The summed E-state index contributed by atoms with van der Waals surface area (Å²) < 4.78 is 26.0. The minimum absolute atomic E-state index is 0.204. The van der Waals surface area contributed by atoms with E-state index in [1.165, 1.54) is 6.92 Å². The lowest BCUT2D eigenvalue weighted by Gasteiger charge is -2.36. The van der Waals surface area contributed by atoms with E-state index in [0.29, 0.717) is 12.8 Å². The third kappa shape index (κ3) is 2.94. The molecule has 0 aromatic rings. The number of nitriles is 1. The van der Waals surface area contributed by atoms with Crippen LogP contribution in [0, 0.1) is 11.3 Å². The third-order valence-electron chi connectivity index (χ3n) is 3.12. The lowest BCUT2D eigenvalue weighted by molar-refractivity contribution is 0.142. The standard InChI is InChI=1S/C10H18N2O3S/c1-9(7-11)16(14,15)12-10(8-13)5-3-2-4-6-10/h9,12-13H,2-6,8H2,1H3. The molecular formula is C10H18N2O3S. The summed E-state index contributed by atoms with van der Waals surface area (Å²) in [4.78, 5) is 0. The van der Waals surface area contributed by atoms with Crippen LogP contribution in [0.3, 0.4) is 0 Å². The smallest absolute Gasteiger partial charge is 0.228 e.